The smallest absolute Gasteiger partial charge is 0.304 e. The molecule has 9 heteroatoms. The molecule has 1 aliphatic rings. The van der Waals surface area contributed by atoms with E-state index in [-0.39, 0.29) is 18.2 Å². The average Bonchev–Trinajstić information content (AvgIpc) is 3.16. The lowest BCUT2D eigenvalue weighted by Gasteiger charge is -2.29. The van der Waals surface area contributed by atoms with Gasteiger partial charge in [0, 0.05) is 59.7 Å². The molecule has 2 amide bonds. The van der Waals surface area contributed by atoms with Crippen LogP contribution in [-0.2, 0) is 17.1 Å². The number of piperidine rings is 1. The molecular formula is C41H40N4O4S. The Morgan fingerprint density at radius 1 is 0.740 bits per heavy atom. The monoisotopic (exact) mass is 684 g/mol. The largest absolute Gasteiger partial charge is 0.481 e. The molecule has 1 aliphatic heterocycles. The van der Waals surface area contributed by atoms with Gasteiger partial charge in [-0.1, -0.05) is 66.7 Å². The summed E-state index contributed by atoms with van der Waals surface area (Å²) in [5.41, 5.74) is 8.15. The predicted molar refractivity (Wildman–Crippen MR) is 202 cm³/mol. The molecule has 1 fully saturated rings. The Bertz CT molecular complexity index is 1940. The number of nitrogens with one attached hydrogen (secondary N) is 2. The van der Waals surface area contributed by atoms with E-state index in [2.05, 4.69) is 50.8 Å². The van der Waals surface area contributed by atoms with Crippen molar-refractivity contribution in [3.05, 3.63) is 138 Å². The highest BCUT2D eigenvalue weighted by Gasteiger charge is 2.18. The highest BCUT2D eigenvalue weighted by molar-refractivity contribution is 7.98. The van der Waals surface area contributed by atoms with E-state index in [1.165, 1.54) is 18.2 Å². The molecule has 1 saturated heterocycles. The van der Waals surface area contributed by atoms with Gasteiger partial charge < -0.3 is 20.6 Å². The molecule has 0 atom stereocenters. The maximum atomic E-state index is 13.6. The van der Waals surface area contributed by atoms with Crippen LogP contribution in [0.5, 0.6) is 0 Å². The van der Waals surface area contributed by atoms with Crippen LogP contribution in [0.25, 0.3) is 22.4 Å². The molecular weight excluding hydrogens is 645 g/mol. The lowest BCUT2D eigenvalue weighted by molar-refractivity contribution is -0.136. The van der Waals surface area contributed by atoms with Crippen molar-refractivity contribution in [2.24, 2.45) is 0 Å². The van der Waals surface area contributed by atoms with Gasteiger partial charge in [0.15, 0.2) is 0 Å². The quantitative estimate of drug-likeness (QED) is 0.107. The number of hydrogen-bond acceptors (Lipinski definition) is 6. The summed E-state index contributed by atoms with van der Waals surface area (Å²) in [5, 5.41) is 15.1. The minimum Gasteiger partial charge on any atom is -0.481 e. The van der Waals surface area contributed by atoms with E-state index in [1.54, 1.807) is 24.4 Å². The number of nitrogens with zero attached hydrogens (tertiary/aromatic N) is 2. The zero-order valence-corrected chi connectivity index (χ0v) is 28.6. The summed E-state index contributed by atoms with van der Waals surface area (Å²) < 4.78 is 0. The van der Waals surface area contributed by atoms with Crippen LogP contribution in [-0.4, -0.2) is 46.7 Å². The number of aliphatic carboxylic acids is 1. The van der Waals surface area contributed by atoms with E-state index in [4.69, 9.17) is 5.11 Å². The highest BCUT2D eigenvalue weighted by atomic mass is 32.2. The van der Waals surface area contributed by atoms with E-state index >= 15 is 0 Å². The van der Waals surface area contributed by atoms with Crippen LogP contribution in [0.15, 0.2) is 115 Å². The van der Waals surface area contributed by atoms with Crippen molar-refractivity contribution in [1.82, 2.24) is 10.3 Å². The number of pyridine rings is 1. The molecule has 4 aromatic carbocycles. The second kappa shape index (κ2) is 16.8. The topological polar surface area (TPSA) is 112 Å². The Morgan fingerprint density at radius 2 is 1.50 bits per heavy atom. The molecule has 0 spiro atoms. The number of hydrogen-bond donors (Lipinski definition) is 3. The predicted octanol–water partition coefficient (Wildman–Crippen LogP) is 8.30. The highest BCUT2D eigenvalue weighted by Crippen LogP contribution is 2.33. The first kappa shape index (κ1) is 34.5. The van der Waals surface area contributed by atoms with Gasteiger partial charge in [-0.2, -0.15) is 11.8 Å². The minimum absolute atomic E-state index is 0.0981. The summed E-state index contributed by atoms with van der Waals surface area (Å²) in [6.07, 6.45) is 5.19. The number of thioether (sulfide) groups is 1. The summed E-state index contributed by atoms with van der Waals surface area (Å²) in [6, 6.07) is 35.2. The van der Waals surface area contributed by atoms with Crippen LogP contribution in [0, 0.1) is 0 Å². The SMILES string of the molecule is O=C(O)CCSCc1cccc(C(=O)Nc2ccc(N3CCCCC3)cc2-c2cc(C(=O)NCc3ccc(-c4ccccc4)cc3)ccn2)c1. The third-order valence-electron chi connectivity index (χ3n) is 8.70. The second-order valence-corrected chi connectivity index (χ2v) is 13.4. The first-order chi connectivity index (χ1) is 24.4. The third kappa shape index (κ3) is 9.18. The summed E-state index contributed by atoms with van der Waals surface area (Å²) in [4.78, 5) is 44.8. The molecule has 0 bridgehead atoms. The number of carboxylic acid groups (broad SMARTS) is 1. The van der Waals surface area contributed by atoms with Crippen molar-refractivity contribution >= 4 is 40.9 Å². The number of benzene rings is 4. The standard InChI is InChI=1S/C41H40N4O4S/c46-39(47)19-23-50-28-30-8-7-11-33(24-30)41(49)44-37-17-16-35(45-21-5-2-6-22-45)26-36(37)38-25-34(18-20-42-38)40(48)43-27-29-12-14-32(15-13-29)31-9-3-1-4-10-31/h1,3-4,7-18,20,24-26H,2,5-6,19,21-23,27-28H2,(H,43,48)(H,44,49)(H,46,47). The Labute approximate surface area is 297 Å². The molecule has 0 unspecified atom stereocenters. The Balaban J connectivity index is 1.19. The zero-order valence-electron chi connectivity index (χ0n) is 27.8. The lowest BCUT2D eigenvalue weighted by atomic mass is 10.0. The number of amides is 2. The molecule has 1 aromatic heterocycles. The second-order valence-electron chi connectivity index (χ2n) is 12.3. The normalized spacial score (nSPS) is 12.7. The fraction of sp³-hybridized carbons (Fsp3) is 0.220. The number of carboxylic acids is 1. The van der Waals surface area contributed by atoms with Crippen molar-refractivity contribution in [1.29, 1.82) is 0 Å². The molecule has 254 valence electrons. The van der Waals surface area contributed by atoms with Crippen LogP contribution < -0.4 is 15.5 Å². The maximum absolute atomic E-state index is 13.6. The van der Waals surface area contributed by atoms with Gasteiger partial charge in [-0.15, -0.1) is 0 Å². The Hall–Kier alpha value is -5.41. The van der Waals surface area contributed by atoms with Crippen LogP contribution in [0.1, 0.15) is 57.5 Å². The van der Waals surface area contributed by atoms with E-state index in [0.29, 0.717) is 40.6 Å². The fourth-order valence-electron chi connectivity index (χ4n) is 6.00. The van der Waals surface area contributed by atoms with Crippen molar-refractivity contribution in [2.45, 2.75) is 38.0 Å². The van der Waals surface area contributed by atoms with Gasteiger partial charge in [0.1, 0.15) is 0 Å². The maximum Gasteiger partial charge on any atom is 0.304 e. The van der Waals surface area contributed by atoms with Gasteiger partial charge >= 0.3 is 5.97 Å². The van der Waals surface area contributed by atoms with Crippen LogP contribution in [0.2, 0.25) is 0 Å². The van der Waals surface area contributed by atoms with Crippen LogP contribution in [0.3, 0.4) is 0 Å². The Kier molecular flexibility index (Phi) is 11.6. The van der Waals surface area contributed by atoms with Crippen molar-refractivity contribution in [2.75, 3.05) is 29.1 Å². The van der Waals surface area contributed by atoms with Gasteiger partial charge in [-0.25, -0.2) is 0 Å². The first-order valence-corrected chi connectivity index (χ1v) is 18.1. The van der Waals surface area contributed by atoms with Gasteiger partial charge in [0.2, 0.25) is 0 Å². The fourth-order valence-corrected chi connectivity index (χ4v) is 6.88. The summed E-state index contributed by atoms with van der Waals surface area (Å²) in [7, 11) is 0. The van der Waals surface area contributed by atoms with Crippen molar-refractivity contribution in [3.63, 3.8) is 0 Å². The van der Waals surface area contributed by atoms with Crippen molar-refractivity contribution < 1.29 is 19.5 Å². The number of rotatable bonds is 13. The van der Waals surface area contributed by atoms with E-state index in [1.807, 2.05) is 60.7 Å². The van der Waals surface area contributed by atoms with E-state index in [0.717, 1.165) is 59.4 Å². The number of anilines is 2. The average molecular weight is 685 g/mol. The molecule has 5 aromatic rings. The molecule has 0 aliphatic carbocycles. The van der Waals surface area contributed by atoms with Gasteiger partial charge in [-0.3, -0.25) is 19.4 Å². The summed E-state index contributed by atoms with van der Waals surface area (Å²) in [6.45, 7) is 2.31. The first-order valence-electron chi connectivity index (χ1n) is 16.9. The lowest BCUT2D eigenvalue weighted by Crippen LogP contribution is -2.29. The molecule has 6 rings (SSSR count). The number of carbonyl (C=O) groups is 3. The zero-order chi connectivity index (χ0) is 34.7. The number of carbonyl (C=O) groups excluding carboxylic acids is 2. The third-order valence-corrected chi connectivity index (χ3v) is 9.73. The van der Waals surface area contributed by atoms with Gasteiger partial charge in [-0.05, 0) is 84.0 Å². The van der Waals surface area contributed by atoms with Crippen LogP contribution >= 0.6 is 11.8 Å². The van der Waals surface area contributed by atoms with Crippen LogP contribution in [0.4, 0.5) is 11.4 Å². The van der Waals surface area contributed by atoms with Gasteiger partial charge in [0.05, 0.1) is 17.8 Å². The van der Waals surface area contributed by atoms with Gasteiger partial charge in [0.25, 0.3) is 11.8 Å². The molecule has 3 N–H and O–H groups in total. The molecule has 50 heavy (non-hydrogen) atoms. The summed E-state index contributed by atoms with van der Waals surface area (Å²) >= 11 is 1.52. The van der Waals surface area contributed by atoms with E-state index in [9.17, 15) is 14.4 Å². The van der Waals surface area contributed by atoms with E-state index < -0.39 is 5.97 Å². The molecule has 2 heterocycles. The van der Waals surface area contributed by atoms with Crippen molar-refractivity contribution in [3.8, 4) is 22.4 Å². The molecule has 8 nitrogen and oxygen atoms in total. The molecule has 0 radical (unpaired) electrons. The number of aromatic nitrogens is 1. The summed E-state index contributed by atoms with van der Waals surface area (Å²) in [5.74, 6) is -0.177. The molecule has 0 saturated carbocycles. The Morgan fingerprint density at radius 3 is 2.28 bits per heavy atom. The minimum atomic E-state index is -0.821.